The van der Waals surface area contributed by atoms with Crippen molar-refractivity contribution in [1.82, 2.24) is 8.97 Å². The normalized spacial score (nSPS) is 13.5. The van der Waals surface area contributed by atoms with E-state index in [0.29, 0.717) is 6.42 Å². The molecule has 0 atom stereocenters. The third kappa shape index (κ3) is 3.41. The molecule has 0 fully saturated rings. The molecule has 0 aliphatic carbocycles. The van der Waals surface area contributed by atoms with E-state index in [9.17, 15) is 4.79 Å². The van der Waals surface area contributed by atoms with Crippen molar-refractivity contribution in [3.05, 3.63) is 76.6 Å². The van der Waals surface area contributed by atoms with Gasteiger partial charge in [-0.05, 0) is 55.9 Å². The van der Waals surface area contributed by atoms with Crippen molar-refractivity contribution >= 4 is 23.0 Å². The molecule has 158 valence electrons. The lowest BCUT2D eigenvalue weighted by Crippen LogP contribution is -2.04. The molecule has 1 aliphatic heterocycles. The first-order valence-electron chi connectivity index (χ1n) is 11.2. The maximum absolute atomic E-state index is 13.4. The van der Waals surface area contributed by atoms with Crippen molar-refractivity contribution in [2.75, 3.05) is 0 Å². The van der Waals surface area contributed by atoms with Gasteiger partial charge in [0.25, 0.3) is 0 Å². The second kappa shape index (κ2) is 8.05. The summed E-state index contributed by atoms with van der Waals surface area (Å²) in [5.74, 6) is 0.222. The van der Waals surface area contributed by atoms with E-state index in [2.05, 4.69) is 65.4 Å². The van der Waals surface area contributed by atoms with Crippen LogP contribution in [0.25, 0.3) is 28.0 Å². The van der Waals surface area contributed by atoms with Crippen LogP contribution in [0.5, 0.6) is 0 Å². The molecular weight excluding hydrogens is 404 g/mol. The Bertz CT molecular complexity index is 1260. The molecule has 2 aromatic heterocycles. The maximum Gasteiger partial charge on any atom is 0.180 e. The van der Waals surface area contributed by atoms with Crippen LogP contribution < -0.4 is 0 Å². The predicted octanol–water partition coefficient (Wildman–Crippen LogP) is 7.36. The summed E-state index contributed by atoms with van der Waals surface area (Å²) in [6, 6.07) is 16.6. The van der Waals surface area contributed by atoms with Crippen molar-refractivity contribution in [2.45, 2.75) is 52.5 Å². The van der Waals surface area contributed by atoms with Gasteiger partial charge >= 0.3 is 0 Å². The average molecular weight is 431 g/mol. The van der Waals surface area contributed by atoms with Crippen molar-refractivity contribution < 1.29 is 4.79 Å². The molecule has 4 aromatic rings. The van der Waals surface area contributed by atoms with Crippen LogP contribution in [0, 0.1) is 6.92 Å². The summed E-state index contributed by atoms with van der Waals surface area (Å²) >= 11 is 6.14. The van der Waals surface area contributed by atoms with Crippen LogP contribution in [0.4, 0.5) is 0 Å². The highest BCUT2D eigenvalue weighted by atomic mass is 35.5. The summed E-state index contributed by atoms with van der Waals surface area (Å²) in [6.45, 7) is 5.13. The summed E-state index contributed by atoms with van der Waals surface area (Å²) < 4.78 is 4.59. The minimum atomic E-state index is 0.222. The summed E-state index contributed by atoms with van der Waals surface area (Å²) in [5.41, 5.74) is 9.11. The molecule has 4 heteroatoms. The van der Waals surface area contributed by atoms with E-state index in [4.69, 9.17) is 11.6 Å². The number of aromatic nitrogens is 2. The number of rotatable bonds is 5. The number of hydrogen-bond acceptors (Lipinski definition) is 1. The number of halogens is 1. The fraction of sp³-hybridized carbons (Fsp3) is 0.296. The Morgan fingerprint density at radius 3 is 2.42 bits per heavy atom. The van der Waals surface area contributed by atoms with Gasteiger partial charge in [-0.25, -0.2) is 0 Å². The molecule has 2 aromatic carbocycles. The second-order valence-corrected chi connectivity index (χ2v) is 9.00. The van der Waals surface area contributed by atoms with E-state index in [1.165, 1.54) is 16.8 Å². The molecule has 0 unspecified atom stereocenters. The van der Waals surface area contributed by atoms with Crippen molar-refractivity contribution in [1.29, 1.82) is 0 Å². The smallest absolute Gasteiger partial charge is 0.180 e. The second-order valence-electron chi connectivity index (χ2n) is 8.56. The third-order valence-electron chi connectivity index (χ3n) is 6.36. The first-order valence-corrected chi connectivity index (χ1v) is 11.6. The molecule has 0 saturated heterocycles. The minimum Gasteiger partial charge on any atom is -0.325 e. The van der Waals surface area contributed by atoms with Gasteiger partial charge in [0, 0.05) is 35.3 Å². The van der Waals surface area contributed by atoms with E-state index in [-0.39, 0.29) is 5.78 Å². The molecule has 0 radical (unpaired) electrons. The highest BCUT2D eigenvalue weighted by molar-refractivity contribution is 6.30. The fourth-order valence-electron chi connectivity index (χ4n) is 4.89. The Balaban J connectivity index is 1.83. The maximum atomic E-state index is 13.4. The Labute approximate surface area is 188 Å². The molecule has 0 bridgehead atoms. The van der Waals surface area contributed by atoms with Gasteiger partial charge in [-0.1, -0.05) is 60.5 Å². The lowest BCUT2D eigenvalue weighted by molar-refractivity contribution is 0.0977. The van der Waals surface area contributed by atoms with Gasteiger partial charge in [-0.15, -0.1) is 0 Å². The highest BCUT2D eigenvalue weighted by Crippen LogP contribution is 2.40. The highest BCUT2D eigenvalue weighted by Gasteiger charge is 2.29. The van der Waals surface area contributed by atoms with Crippen LogP contribution in [-0.4, -0.2) is 14.8 Å². The van der Waals surface area contributed by atoms with Gasteiger partial charge in [-0.3, -0.25) is 9.20 Å². The van der Waals surface area contributed by atoms with Crippen LogP contribution in [0.15, 0.2) is 54.7 Å². The number of carbonyl (C=O) groups excluding carboxylic acids is 1. The zero-order valence-electron chi connectivity index (χ0n) is 18.1. The molecule has 5 rings (SSSR count). The quantitative estimate of drug-likeness (QED) is 0.304. The molecule has 31 heavy (non-hydrogen) atoms. The number of aryl methyl sites for hydroxylation is 3. The first-order chi connectivity index (χ1) is 15.1. The van der Waals surface area contributed by atoms with Gasteiger partial charge in [-0.2, -0.15) is 0 Å². The summed E-state index contributed by atoms with van der Waals surface area (Å²) in [7, 11) is 0. The number of benzene rings is 2. The van der Waals surface area contributed by atoms with Crippen LogP contribution in [0.2, 0.25) is 5.02 Å². The SMILES string of the molecule is CCCC(=O)c1c(-c2ccc(C)cc2)c2c3n(c(-c4ccc(Cl)cc4)cn13)CCCC2. The predicted molar refractivity (Wildman–Crippen MR) is 128 cm³/mol. The van der Waals surface area contributed by atoms with Gasteiger partial charge in [0.1, 0.15) is 5.65 Å². The Kier molecular flexibility index (Phi) is 5.23. The van der Waals surface area contributed by atoms with Crippen molar-refractivity contribution in [3.8, 4) is 22.4 Å². The van der Waals surface area contributed by atoms with E-state index in [1.54, 1.807) is 0 Å². The van der Waals surface area contributed by atoms with Crippen LogP contribution in [-0.2, 0) is 13.0 Å². The largest absolute Gasteiger partial charge is 0.325 e. The van der Waals surface area contributed by atoms with E-state index < -0.39 is 0 Å². The molecule has 3 heterocycles. The average Bonchev–Trinajstić information content (AvgIpc) is 3.18. The van der Waals surface area contributed by atoms with Crippen LogP contribution >= 0.6 is 11.6 Å². The summed E-state index contributed by atoms with van der Waals surface area (Å²) in [5, 5.41) is 0.735. The number of nitrogens with zero attached hydrogens (tertiary/aromatic N) is 2. The lowest BCUT2D eigenvalue weighted by Gasteiger charge is -2.09. The number of Topliss-reactive ketones (excluding diaryl/α,β-unsaturated/α-hetero) is 1. The Hall–Kier alpha value is -2.78. The van der Waals surface area contributed by atoms with Gasteiger partial charge in [0.15, 0.2) is 5.78 Å². The molecule has 3 nitrogen and oxygen atoms in total. The van der Waals surface area contributed by atoms with Gasteiger partial charge in [0.05, 0.1) is 11.4 Å². The lowest BCUT2D eigenvalue weighted by atomic mass is 9.95. The molecular formula is C27H27ClN2O. The summed E-state index contributed by atoms with van der Waals surface area (Å²) in [6.07, 6.45) is 6.82. The zero-order valence-corrected chi connectivity index (χ0v) is 18.9. The number of imidazole rings is 1. The minimum absolute atomic E-state index is 0.222. The third-order valence-corrected chi connectivity index (χ3v) is 6.61. The van der Waals surface area contributed by atoms with Crippen molar-refractivity contribution in [3.63, 3.8) is 0 Å². The Morgan fingerprint density at radius 1 is 1.00 bits per heavy atom. The van der Waals surface area contributed by atoms with Gasteiger partial charge < -0.3 is 4.57 Å². The Morgan fingerprint density at radius 2 is 1.71 bits per heavy atom. The zero-order chi connectivity index (χ0) is 21.5. The van der Waals surface area contributed by atoms with E-state index in [0.717, 1.165) is 65.3 Å². The number of hydrogen-bond donors (Lipinski definition) is 0. The van der Waals surface area contributed by atoms with Crippen LogP contribution in [0.3, 0.4) is 0 Å². The van der Waals surface area contributed by atoms with Crippen LogP contribution in [0.1, 0.15) is 54.2 Å². The summed E-state index contributed by atoms with van der Waals surface area (Å²) in [4.78, 5) is 13.4. The van der Waals surface area contributed by atoms with Crippen molar-refractivity contribution in [2.24, 2.45) is 0 Å². The standard InChI is InChI=1S/C27H27ClN2O/c1-3-6-24(31)26-25(20-10-8-18(2)9-11-20)22-7-4-5-16-29-23(17-30(26)27(22)29)19-12-14-21(28)15-13-19/h8-15,17H,3-7,16H2,1-2H3. The molecule has 0 spiro atoms. The number of ketones is 1. The molecule has 1 aliphatic rings. The topological polar surface area (TPSA) is 26.4 Å². The molecule has 0 saturated carbocycles. The molecule has 0 N–H and O–H groups in total. The number of carbonyl (C=O) groups is 1. The van der Waals surface area contributed by atoms with E-state index >= 15 is 0 Å². The fourth-order valence-corrected chi connectivity index (χ4v) is 5.01. The van der Waals surface area contributed by atoms with E-state index in [1.807, 2.05) is 12.1 Å². The monoisotopic (exact) mass is 430 g/mol. The molecule has 0 amide bonds. The van der Waals surface area contributed by atoms with Gasteiger partial charge in [0.2, 0.25) is 0 Å². The first kappa shape index (κ1) is 20.1.